The van der Waals surface area contributed by atoms with Crippen LogP contribution in [0.1, 0.15) is 5.56 Å². The van der Waals surface area contributed by atoms with E-state index in [1.165, 1.54) is 12.1 Å². The molecule has 5 heteroatoms. The fourth-order valence-electron chi connectivity index (χ4n) is 2.41. The summed E-state index contributed by atoms with van der Waals surface area (Å²) in [5.41, 5.74) is 1.77. The van der Waals surface area contributed by atoms with Gasteiger partial charge in [0.15, 0.2) is 0 Å². The van der Waals surface area contributed by atoms with Crippen LogP contribution in [-0.2, 0) is 6.54 Å². The lowest BCUT2D eigenvalue weighted by Crippen LogP contribution is -2.02. The minimum Gasteiger partial charge on any atom is -0.496 e. The SMILES string of the molecule is COc1ccccc1-c1nccn1Cc1cc(F)cc(Br)c1. The van der Waals surface area contributed by atoms with Gasteiger partial charge in [0.1, 0.15) is 17.4 Å². The van der Waals surface area contributed by atoms with Gasteiger partial charge in [-0.2, -0.15) is 0 Å². The van der Waals surface area contributed by atoms with Crippen LogP contribution >= 0.6 is 15.9 Å². The summed E-state index contributed by atoms with van der Waals surface area (Å²) in [5, 5.41) is 0. The zero-order valence-corrected chi connectivity index (χ0v) is 13.5. The molecule has 112 valence electrons. The topological polar surface area (TPSA) is 27.1 Å². The van der Waals surface area contributed by atoms with Crippen molar-refractivity contribution in [1.29, 1.82) is 0 Å². The molecular weight excluding hydrogens is 347 g/mol. The molecule has 0 amide bonds. The van der Waals surface area contributed by atoms with Crippen LogP contribution < -0.4 is 4.74 Å². The Morgan fingerprint density at radius 1 is 1.23 bits per heavy atom. The molecule has 0 fully saturated rings. The van der Waals surface area contributed by atoms with Crippen molar-refractivity contribution in [2.24, 2.45) is 0 Å². The van der Waals surface area contributed by atoms with Crippen LogP contribution in [-0.4, -0.2) is 16.7 Å². The summed E-state index contributed by atoms with van der Waals surface area (Å²) < 4.78 is 21.6. The van der Waals surface area contributed by atoms with E-state index in [4.69, 9.17) is 4.74 Å². The Kier molecular flexibility index (Phi) is 4.24. The van der Waals surface area contributed by atoms with Gasteiger partial charge in [-0.25, -0.2) is 9.37 Å². The van der Waals surface area contributed by atoms with Gasteiger partial charge in [0.05, 0.1) is 12.7 Å². The summed E-state index contributed by atoms with van der Waals surface area (Å²) in [6.45, 7) is 0.531. The van der Waals surface area contributed by atoms with Crippen molar-refractivity contribution in [3.05, 3.63) is 70.7 Å². The zero-order chi connectivity index (χ0) is 15.5. The highest BCUT2D eigenvalue weighted by Gasteiger charge is 2.11. The van der Waals surface area contributed by atoms with Crippen LogP contribution in [0.4, 0.5) is 4.39 Å². The Morgan fingerprint density at radius 2 is 2.05 bits per heavy atom. The first-order valence-electron chi connectivity index (χ1n) is 6.77. The maximum Gasteiger partial charge on any atom is 0.143 e. The number of nitrogens with zero attached hydrogens (tertiary/aromatic N) is 2. The number of benzene rings is 2. The Labute approximate surface area is 136 Å². The standard InChI is InChI=1S/C17H14BrFN2O/c1-22-16-5-3-2-4-15(16)17-20-6-7-21(17)11-12-8-13(18)10-14(19)9-12/h2-10H,11H2,1H3. The Hall–Kier alpha value is -2.14. The summed E-state index contributed by atoms with van der Waals surface area (Å²) in [6, 6.07) is 12.6. The number of methoxy groups -OCH3 is 1. The van der Waals surface area contributed by atoms with Crippen LogP contribution in [0.5, 0.6) is 5.75 Å². The van der Waals surface area contributed by atoms with Gasteiger partial charge in [0.25, 0.3) is 0 Å². The molecule has 0 aliphatic carbocycles. The minimum absolute atomic E-state index is 0.261. The molecule has 3 rings (SSSR count). The highest BCUT2D eigenvalue weighted by Crippen LogP contribution is 2.28. The predicted molar refractivity (Wildman–Crippen MR) is 87.4 cm³/mol. The van der Waals surface area contributed by atoms with E-state index in [9.17, 15) is 4.39 Å². The minimum atomic E-state index is -0.261. The molecule has 0 radical (unpaired) electrons. The average Bonchev–Trinajstić information content (AvgIpc) is 2.94. The van der Waals surface area contributed by atoms with Crippen LogP contribution in [0.2, 0.25) is 0 Å². The molecule has 3 nitrogen and oxygen atoms in total. The molecule has 0 bridgehead atoms. The first-order valence-corrected chi connectivity index (χ1v) is 7.56. The van der Waals surface area contributed by atoms with Crippen molar-refractivity contribution in [2.45, 2.75) is 6.54 Å². The van der Waals surface area contributed by atoms with Gasteiger partial charge in [-0.3, -0.25) is 0 Å². The van der Waals surface area contributed by atoms with E-state index in [0.717, 1.165) is 27.2 Å². The third-order valence-corrected chi connectivity index (χ3v) is 3.80. The van der Waals surface area contributed by atoms with Gasteiger partial charge in [0, 0.05) is 23.4 Å². The van der Waals surface area contributed by atoms with E-state index < -0.39 is 0 Å². The van der Waals surface area contributed by atoms with E-state index in [2.05, 4.69) is 20.9 Å². The first-order chi connectivity index (χ1) is 10.7. The normalized spacial score (nSPS) is 10.7. The number of para-hydroxylation sites is 1. The molecule has 22 heavy (non-hydrogen) atoms. The number of rotatable bonds is 4. The van der Waals surface area contributed by atoms with Crippen molar-refractivity contribution in [2.75, 3.05) is 7.11 Å². The smallest absolute Gasteiger partial charge is 0.143 e. The van der Waals surface area contributed by atoms with Crippen LogP contribution in [0, 0.1) is 5.82 Å². The zero-order valence-electron chi connectivity index (χ0n) is 12.0. The fourth-order valence-corrected chi connectivity index (χ4v) is 2.92. The van der Waals surface area contributed by atoms with E-state index in [0.29, 0.717) is 6.54 Å². The summed E-state index contributed by atoms with van der Waals surface area (Å²) in [6.07, 6.45) is 3.61. The van der Waals surface area contributed by atoms with Crippen LogP contribution in [0.15, 0.2) is 59.3 Å². The van der Waals surface area contributed by atoms with Crippen LogP contribution in [0.3, 0.4) is 0 Å². The van der Waals surface area contributed by atoms with Crippen molar-refractivity contribution >= 4 is 15.9 Å². The second kappa shape index (κ2) is 6.32. The molecule has 0 unspecified atom stereocenters. The van der Waals surface area contributed by atoms with Crippen molar-refractivity contribution in [1.82, 2.24) is 9.55 Å². The number of halogens is 2. The summed E-state index contributed by atoms with van der Waals surface area (Å²) >= 11 is 3.32. The summed E-state index contributed by atoms with van der Waals surface area (Å²) in [7, 11) is 1.63. The number of ether oxygens (including phenoxy) is 1. The van der Waals surface area contributed by atoms with Crippen LogP contribution in [0.25, 0.3) is 11.4 Å². The molecule has 0 spiro atoms. The lowest BCUT2D eigenvalue weighted by Gasteiger charge is -2.11. The van der Waals surface area contributed by atoms with Gasteiger partial charge in [-0.05, 0) is 35.9 Å². The predicted octanol–water partition coefficient (Wildman–Crippen LogP) is 4.51. The number of hydrogen-bond donors (Lipinski definition) is 0. The molecule has 0 atom stereocenters. The molecule has 1 aromatic heterocycles. The number of aromatic nitrogens is 2. The second-order valence-electron chi connectivity index (χ2n) is 4.86. The highest BCUT2D eigenvalue weighted by atomic mass is 79.9. The Bertz CT molecular complexity index is 781. The van der Waals surface area contributed by atoms with E-state index in [1.807, 2.05) is 41.1 Å². The van der Waals surface area contributed by atoms with Gasteiger partial charge >= 0.3 is 0 Å². The number of hydrogen-bond acceptors (Lipinski definition) is 2. The maximum atomic E-state index is 13.5. The molecular formula is C17H14BrFN2O. The molecule has 2 aromatic carbocycles. The number of imidazole rings is 1. The summed E-state index contributed by atoms with van der Waals surface area (Å²) in [5.74, 6) is 1.29. The molecule has 3 aromatic rings. The van der Waals surface area contributed by atoms with E-state index in [-0.39, 0.29) is 5.82 Å². The fraction of sp³-hybridized carbons (Fsp3) is 0.118. The third-order valence-electron chi connectivity index (χ3n) is 3.34. The van der Waals surface area contributed by atoms with Gasteiger partial charge in [-0.1, -0.05) is 28.1 Å². The van der Waals surface area contributed by atoms with Crippen molar-refractivity contribution < 1.29 is 9.13 Å². The molecule has 0 aliphatic rings. The third kappa shape index (κ3) is 3.04. The largest absolute Gasteiger partial charge is 0.496 e. The van der Waals surface area contributed by atoms with E-state index >= 15 is 0 Å². The van der Waals surface area contributed by atoms with Gasteiger partial charge < -0.3 is 9.30 Å². The molecule has 0 saturated heterocycles. The lowest BCUT2D eigenvalue weighted by molar-refractivity contribution is 0.416. The quantitative estimate of drug-likeness (QED) is 0.684. The molecule has 0 saturated carbocycles. The van der Waals surface area contributed by atoms with Crippen molar-refractivity contribution in [3.8, 4) is 17.1 Å². The Morgan fingerprint density at radius 3 is 2.82 bits per heavy atom. The Balaban J connectivity index is 1.99. The maximum absolute atomic E-state index is 13.5. The second-order valence-corrected chi connectivity index (χ2v) is 5.77. The van der Waals surface area contributed by atoms with Gasteiger partial charge in [-0.15, -0.1) is 0 Å². The molecule has 0 N–H and O–H groups in total. The highest BCUT2D eigenvalue weighted by molar-refractivity contribution is 9.10. The van der Waals surface area contributed by atoms with Crippen molar-refractivity contribution in [3.63, 3.8) is 0 Å². The first kappa shape index (κ1) is 14.8. The molecule has 0 aliphatic heterocycles. The average molecular weight is 361 g/mol. The van der Waals surface area contributed by atoms with Gasteiger partial charge in [0.2, 0.25) is 0 Å². The summed E-state index contributed by atoms with van der Waals surface area (Å²) in [4.78, 5) is 4.41. The van der Waals surface area contributed by atoms with E-state index in [1.54, 1.807) is 13.3 Å². The molecule has 1 heterocycles. The lowest BCUT2D eigenvalue weighted by atomic mass is 10.1. The monoisotopic (exact) mass is 360 g/mol.